The Morgan fingerprint density at radius 2 is 0.887 bits per heavy atom. The molecule has 5 aliphatic rings. The Labute approximate surface area is 470 Å². The van der Waals surface area contributed by atoms with E-state index in [1.54, 1.807) is 55.4 Å². The number of aliphatic hydroxyl groups excluding tert-OH is 11. The predicted molar refractivity (Wildman–Crippen MR) is 279 cm³/mol. The largest absolute Gasteiger partial charge is 0.396 e. The van der Waals surface area contributed by atoms with E-state index in [-0.39, 0.29) is 52.9 Å². The Morgan fingerprint density at radius 3 is 1.45 bits per heavy atom. The highest BCUT2D eigenvalue weighted by Crippen LogP contribution is 2.37. The van der Waals surface area contributed by atoms with E-state index < -0.39 is 177 Å². The van der Waals surface area contributed by atoms with Crippen LogP contribution in [0, 0.1) is 23.7 Å². The summed E-state index contributed by atoms with van der Waals surface area (Å²) < 4.78 is 67.6. The van der Waals surface area contributed by atoms with Gasteiger partial charge in [0, 0.05) is 24.7 Å². The zero-order valence-corrected chi connectivity index (χ0v) is 48.2. The van der Waals surface area contributed by atoms with Crippen LogP contribution in [0.25, 0.3) is 0 Å². The minimum absolute atomic E-state index is 0.0878. The van der Waals surface area contributed by atoms with Crippen molar-refractivity contribution >= 4 is 5.91 Å². The molecule has 5 rings (SSSR count). The van der Waals surface area contributed by atoms with Crippen LogP contribution in [0.1, 0.15) is 114 Å². The first-order chi connectivity index (χ1) is 37.8. The van der Waals surface area contributed by atoms with E-state index in [0.29, 0.717) is 51.4 Å². The number of ether oxygens (including phenoxy) is 11. The molecule has 470 valence electrons. The van der Waals surface area contributed by atoms with Gasteiger partial charge in [-0.3, -0.25) is 4.79 Å². The van der Waals surface area contributed by atoms with Crippen molar-refractivity contribution in [3.63, 3.8) is 0 Å². The molecule has 0 radical (unpaired) electrons. The lowest BCUT2D eigenvalue weighted by molar-refractivity contribution is -0.360. The van der Waals surface area contributed by atoms with Crippen molar-refractivity contribution in [2.45, 2.75) is 248 Å². The van der Waals surface area contributed by atoms with Crippen molar-refractivity contribution in [1.82, 2.24) is 5.32 Å². The second-order valence-electron chi connectivity index (χ2n) is 23.5. The highest BCUT2D eigenvalue weighted by atomic mass is 17.2. The average molecular weight is 1160 g/mol. The van der Waals surface area contributed by atoms with Gasteiger partial charge < -0.3 is 114 Å². The minimum atomic E-state index is -1.58. The number of hydrogen-bond donors (Lipinski definition) is 12. The second kappa shape index (κ2) is 32.9. The highest BCUT2D eigenvalue weighted by Gasteiger charge is 2.52. The van der Waals surface area contributed by atoms with E-state index in [4.69, 9.17) is 61.9 Å². The van der Waals surface area contributed by atoms with E-state index in [0.717, 1.165) is 0 Å². The number of amides is 1. The molecule has 0 aromatic carbocycles. The third-order valence-electron chi connectivity index (χ3n) is 16.0. The van der Waals surface area contributed by atoms with Crippen LogP contribution in [0.4, 0.5) is 0 Å². The molecule has 5 aliphatic heterocycles. The van der Waals surface area contributed by atoms with E-state index in [1.807, 2.05) is 0 Å². The number of carbonyl (C=O) groups excluding carboxylic acids is 1. The van der Waals surface area contributed by atoms with Gasteiger partial charge in [-0.15, -0.1) is 0 Å². The topological polar surface area (TPSA) is 372 Å². The van der Waals surface area contributed by atoms with Crippen molar-refractivity contribution in [3.05, 3.63) is 0 Å². The summed E-state index contributed by atoms with van der Waals surface area (Å²) >= 11 is 0. The zero-order valence-electron chi connectivity index (χ0n) is 48.2. The van der Waals surface area contributed by atoms with Crippen molar-refractivity contribution in [2.24, 2.45) is 23.7 Å². The summed E-state index contributed by atoms with van der Waals surface area (Å²) in [4.78, 5) is 22.8. The molecule has 0 saturated carbocycles. The van der Waals surface area contributed by atoms with Crippen LogP contribution < -0.4 is 5.32 Å². The summed E-state index contributed by atoms with van der Waals surface area (Å²) in [6, 6.07) is -0.940. The van der Waals surface area contributed by atoms with E-state index in [2.05, 4.69) is 5.32 Å². The van der Waals surface area contributed by atoms with Gasteiger partial charge in [0.05, 0.1) is 132 Å². The number of nitrogens with one attached hydrogen (secondary N) is 1. The van der Waals surface area contributed by atoms with Gasteiger partial charge in [-0.1, -0.05) is 39.5 Å². The summed E-state index contributed by atoms with van der Waals surface area (Å²) in [6.07, 6.45) is -17.3. The fourth-order valence-corrected chi connectivity index (χ4v) is 10.7. The lowest BCUT2D eigenvalue weighted by atomic mass is 9.84. The fraction of sp³-hybridized carbons (Fsp3) is 0.981. The van der Waals surface area contributed by atoms with Gasteiger partial charge in [0.1, 0.15) is 49.8 Å². The Bertz CT molecular complexity index is 1760. The third kappa shape index (κ3) is 20.6. The molecule has 4 bridgehead atoms. The SMILES string of the molecule is CC(=O)NC1C(C)OC2COCC(O)CCCCC(O)COC(C)(C)OCC3OC(C)C(CO)C(O)C3OC3OC(COC(C)(C)OCC(O)CCCCC(O)COOCC4OC(OC2C1O)C(O)C(O)C4C)C(C)C(O)C3CO. The van der Waals surface area contributed by atoms with Crippen LogP contribution in [-0.2, 0) is 66.7 Å². The molecule has 1 amide bonds. The van der Waals surface area contributed by atoms with E-state index in [9.17, 15) is 61.0 Å². The molecule has 0 aliphatic carbocycles. The number of carbonyl (C=O) groups is 1. The number of aliphatic hydroxyl groups is 11. The Balaban J connectivity index is 1.26. The van der Waals surface area contributed by atoms with Crippen LogP contribution in [0.2, 0.25) is 0 Å². The van der Waals surface area contributed by atoms with Crippen molar-refractivity contribution in [1.29, 1.82) is 0 Å². The minimum Gasteiger partial charge on any atom is -0.396 e. The van der Waals surface area contributed by atoms with Gasteiger partial charge in [0.25, 0.3) is 0 Å². The maximum absolute atomic E-state index is 12.1. The molecule has 24 unspecified atom stereocenters. The molecule has 0 aromatic heterocycles. The van der Waals surface area contributed by atoms with Crippen LogP contribution in [0.5, 0.6) is 0 Å². The summed E-state index contributed by atoms with van der Waals surface area (Å²) in [5, 5.41) is 124. The van der Waals surface area contributed by atoms with Gasteiger partial charge in [-0.05, 0) is 67.2 Å². The Kier molecular flexibility index (Phi) is 28.5. The van der Waals surface area contributed by atoms with Crippen molar-refractivity contribution in [3.8, 4) is 0 Å². The normalized spacial score (nSPS) is 44.9. The fourth-order valence-electron chi connectivity index (χ4n) is 10.7. The zero-order chi connectivity index (χ0) is 59.1. The quantitative estimate of drug-likeness (QED) is 0.146. The first-order valence-electron chi connectivity index (χ1n) is 28.7. The monoisotopic (exact) mass is 1160 g/mol. The first kappa shape index (κ1) is 69.3. The number of rotatable bonds is 3. The molecule has 24 atom stereocenters. The van der Waals surface area contributed by atoms with Crippen LogP contribution >= 0.6 is 0 Å². The molecule has 26 nitrogen and oxygen atoms in total. The molecule has 26 heteroatoms. The lowest BCUT2D eigenvalue weighted by Crippen LogP contribution is -2.66. The molecule has 5 fully saturated rings. The molecule has 5 heterocycles. The maximum Gasteiger partial charge on any atom is 0.217 e. The second-order valence-corrected chi connectivity index (χ2v) is 23.5. The lowest BCUT2D eigenvalue weighted by Gasteiger charge is -2.48. The Morgan fingerprint density at radius 1 is 0.450 bits per heavy atom. The number of hydrogen-bond acceptors (Lipinski definition) is 25. The molecule has 0 aromatic rings. The van der Waals surface area contributed by atoms with Gasteiger partial charge in [-0.25, -0.2) is 9.78 Å². The summed E-state index contributed by atoms with van der Waals surface area (Å²) in [5.74, 6) is -5.92. The molecular weight excluding hydrogens is 1060 g/mol. The predicted octanol–water partition coefficient (Wildman–Crippen LogP) is -1.34. The van der Waals surface area contributed by atoms with Crippen LogP contribution in [0.3, 0.4) is 0 Å². The highest BCUT2D eigenvalue weighted by molar-refractivity contribution is 5.73. The van der Waals surface area contributed by atoms with Crippen molar-refractivity contribution in [2.75, 3.05) is 66.1 Å². The average Bonchev–Trinajstić information content (AvgIpc) is 3.46. The van der Waals surface area contributed by atoms with Crippen molar-refractivity contribution < 1.29 is 123 Å². The molecule has 0 spiro atoms. The maximum atomic E-state index is 12.1. The molecular formula is C54H99NO25. The van der Waals surface area contributed by atoms with E-state index >= 15 is 0 Å². The Hall–Kier alpha value is -1.49. The van der Waals surface area contributed by atoms with Crippen LogP contribution in [-0.4, -0.2) is 262 Å². The van der Waals surface area contributed by atoms with Crippen LogP contribution in [0.15, 0.2) is 0 Å². The molecule has 80 heavy (non-hydrogen) atoms. The standard InChI is InChI=1S/C54H99NO25/c1-28-39-25-71-53(6,7)69-21-35(61)16-12-13-17-36(62)23-73-74-27-40-29(2)45(64)48(67)52(78-40)80-50-41(76-31(4)43(47(50)66)55-32(5)58)24-68-20-33(59)14-10-11-15-34(60)22-70-54(8,9)72-26-42-49(46(65)37(18-56)30(3)75-42)79-51(77-39)38(19-57)44(28)63/h28-31,33-52,56-57,59-67H,10-27H2,1-9H3,(H,55,58). The summed E-state index contributed by atoms with van der Waals surface area (Å²) in [5.41, 5.74) is 0. The first-order valence-corrected chi connectivity index (χ1v) is 28.7. The van der Waals surface area contributed by atoms with E-state index in [1.165, 1.54) is 6.92 Å². The number of fused-ring (bicyclic) bond motifs is 6. The van der Waals surface area contributed by atoms with Gasteiger partial charge in [0.2, 0.25) is 5.91 Å². The van der Waals surface area contributed by atoms with Gasteiger partial charge in [-0.2, -0.15) is 0 Å². The molecule has 5 saturated heterocycles. The van der Waals surface area contributed by atoms with Gasteiger partial charge in [0.15, 0.2) is 24.2 Å². The summed E-state index contributed by atoms with van der Waals surface area (Å²) in [7, 11) is 0. The molecule has 12 N–H and O–H groups in total. The smallest absolute Gasteiger partial charge is 0.217 e. The third-order valence-corrected chi connectivity index (χ3v) is 16.0. The van der Waals surface area contributed by atoms with Gasteiger partial charge >= 0.3 is 0 Å². The summed E-state index contributed by atoms with van der Waals surface area (Å²) in [6.45, 7) is 12.4.